The van der Waals surface area contributed by atoms with Crippen molar-refractivity contribution in [2.75, 3.05) is 7.11 Å². The molecule has 0 fully saturated rings. The number of aliphatic hydroxyl groups is 1. The van der Waals surface area contributed by atoms with Crippen LogP contribution in [0.2, 0.25) is 0 Å². The van der Waals surface area contributed by atoms with Crippen molar-refractivity contribution >= 4 is 0 Å². The normalized spacial score (nSPS) is 12.4. The van der Waals surface area contributed by atoms with Crippen molar-refractivity contribution in [3.63, 3.8) is 0 Å². The van der Waals surface area contributed by atoms with Crippen LogP contribution in [0, 0.1) is 6.92 Å². The van der Waals surface area contributed by atoms with Crippen LogP contribution in [-0.4, -0.2) is 22.0 Å². The molecule has 2 aromatic rings. The maximum Gasteiger partial charge on any atom is 0.118 e. The van der Waals surface area contributed by atoms with Crippen LogP contribution in [0.15, 0.2) is 30.5 Å². The number of hydrogen-bond acceptors (Lipinski definition) is 3. The number of benzene rings is 1. The van der Waals surface area contributed by atoms with Gasteiger partial charge in [-0.15, -0.1) is 0 Å². The standard InChI is InChI=1S/C15H20N2O2/c1-11-14(10-16-17(11)2)15(18)9-6-12-4-7-13(19-3)8-5-12/h4-5,7-8,10,15,18H,6,9H2,1-3H3. The summed E-state index contributed by atoms with van der Waals surface area (Å²) in [6.45, 7) is 1.97. The third kappa shape index (κ3) is 3.15. The van der Waals surface area contributed by atoms with Gasteiger partial charge in [0.15, 0.2) is 0 Å². The average Bonchev–Trinajstić information content (AvgIpc) is 2.77. The van der Waals surface area contributed by atoms with Gasteiger partial charge in [-0.25, -0.2) is 0 Å². The maximum atomic E-state index is 10.2. The highest BCUT2D eigenvalue weighted by atomic mass is 16.5. The molecule has 1 aromatic heterocycles. The van der Waals surface area contributed by atoms with Gasteiger partial charge in [-0.05, 0) is 37.5 Å². The van der Waals surface area contributed by atoms with Crippen molar-refractivity contribution in [3.8, 4) is 5.75 Å². The van der Waals surface area contributed by atoms with Crippen LogP contribution in [0.25, 0.3) is 0 Å². The van der Waals surface area contributed by atoms with Gasteiger partial charge in [0.05, 0.1) is 19.4 Å². The summed E-state index contributed by atoms with van der Waals surface area (Å²) in [7, 11) is 3.54. The molecule has 4 heteroatoms. The molecular formula is C15H20N2O2. The van der Waals surface area contributed by atoms with E-state index in [1.165, 1.54) is 5.56 Å². The van der Waals surface area contributed by atoms with E-state index in [-0.39, 0.29) is 0 Å². The predicted molar refractivity (Wildman–Crippen MR) is 74.2 cm³/mol. The molecule has 0 saturated carbocycles. The summed E-state index contributed by atoms with van der Waals surface area (Å²) in [4.78, 5) is 0. The lowest BCUT2D eigenvalue weighted by atomic mass is 10.0. The van der Waals surface area contributed by atoms with Gasteiger partial charge in [-0.3, -0.25) is 4.68 Å². The fourth-order valence-corrected chi connectivity index (χ4v) is 2.09. The molecule has 1 atom stereocenters. The second kappa shape index (κ2) is 5.89. The second-order valence-corrected chi connectivity index (χ2v) is 4.71. The average molecular weight is 260 g/mol. The Kier molecular flexibility index (Phi) is 4.22. The lowest BCUT2D eigenvalue weighted by molar-refractivity contribution is 0.167. The molecule has 1 N–H and O–H groups in total. The largest absolute Gasteiger partial charge is 0.497 e. The van der Waals surface area contributed by atoms with Crippen LogP contribution in [0.4, 0.5) is 0 Å². The Bertz CT molecular complexity index is 532. The zero-order valence-corrected chi connectivity index (χ0v) is 11.6. The third-order valence-corrected chi connectivity index (χ3v) is 3.50. The molecule has 19 heavy (non-hydrogen) atoms. The van der Waals surface area contributed by atoms with Crippen LogP contribution >= 0.6 is 0 Å². The summed E-state index contributed by atoms with van der Waals surface area (Å²) < 4.78 is 6.91. The zero-order chi connectivity index (χ0) is 13.8. The van der Waals surface area contributed by atoms with E-state index in [0.29, 0.717) is 6.42 Å². The second-order valence-electron chi connectivity index (χ2n) is 4.71. The first-order chi connectivity index (χ1) is 9.11. The lowest BCUT2D eigenvalue weighted by Gasteiger charge is -2.10. The Balaban J connectivity index is 1.96. The van der Waals surface area contributed by atoms with Gasteiger partial charge in [0.1, 0.15) is 5.75 Å². The third-order valence-electron chi connectivity index (χ3n) is 3.50. The quantitative estimate of drug-likeness (QED) is 0.898. The molecule has 0 spiro atoms. The zero-order valence-electron chi connectivity index (χ0n) is 11.6. The van der Waals surface area contributed by atoms with Gasteiger partial charge in [-0.2, -0.15) is 5.10 Å². The van der Waals surface area contributed by atoms with Gasteiger partial charge in [0.2, 0.25) is 0 Å². The number of hydrogen-bond donors (Lipinski definition) is 1. The molecule has 2 rings (SSSR count). The van der Waals surface area contributed by atoms with Crippen molar-refractivity contribution in [1.82, 2.24) is 9.78 Å². The maximum absolute atomic E-state index is 10.2. The number of nitrogens with zero attached hydrogens (tertiary/aromatic N) is 2. The lowest BCUT2D eigenvalue weighted by Crippen LogP contribution is -2.02. The molecule has 0 aliphatic heterocycles. The molecule has 102 valence electrons. The molecule has 0 radical (unpaired) electrons. The van der Waals surface area contributed by atoms with Crippen molar-refractivity contribution in [2.45, 2.75) is 25.9 Å². The van der Waals surface area contributed by atoms with Crippen LogP contribution in [0.3, 0.4) is 0 Å². The van der Waals surface area contributed by atoms with E-state index >= 15 is 0 Å². The number of methoxy groups -OCH3 is 1. The molecule has 0 bridgehead atoms. The fraction of sp³-hybridized carbons (Fsp3) is 0.400. The summed E-state index contributed by atoms with van der Waals surface area (Å²) in [6.07, 6.45) is 2.81. The minimum absolute atomic E-state index is 0.462. The van der Waals surface area contributed by atoms with Crippen LogP contribution in [-0.2, 0) is 13.5 Å². The molecule has 1 aromatic carbocycles. The molecule has 0 aliphatic rings. The Morgan fingerprint density at radius 2 is 2.00 bits per heavy atom. The Hall–Kier alpha value is -1.81. The molecule has 0 amide bonds. The van der Waals surface area contributed by atoms with Gasteiger partial charge in [0.25, 0.3) is 0 Å². The first-order valence-corrected chi connectivity index (χ1v) is 6.41. The first kappa shape index (κ1) is 13.6. The summed E-state index contributed by atoms with van der Waals surface area (Å²) in [5.41, 5.74) is 3.12. The number of aryl methyl sites for hydroxylation is 2. The minimum atomic E-state index is -0.462. The van der Waals surface area contributed by atoms with E-state index in [1.54, 1.807) is 18.0 Å². The van der Waals surface area contributed by atoms with Crippen LogP contribution < -0.4 is 4.74 Å². The number of aliphatic hydroxyl groups excluding tert-OH is 1. The number of aromatic nitrogens is 2. The summed E-state index contributed by atoms with van der Waals surface area (Å²) in [5, 5.41) is 14.4. The van der Waals surface area contributed by atoms with Crippen molar-refractivity contribution in [3.05, 3.63) is 47.3 Å². The molecule has 4 nitrogen and oxygen atoms in total. The number of rotatable bonds is 5. The van der Waals surface area contributed by atoms with E-state index in [9.17, 15) is 5.11 Å². The van der Waals surface area contributed by atoms with E-state index in [0.717, 1.165) is 23.4 Å². The minimum Gasteiger partial charge on any atom is -0.497 e. The van der Waals surface area contributed by atoms with Gasteiger partial charge in [0, 0.05) is 18.3 Å². The summed E-state index contributed by atoms with van der Waals surface area (Å²) in [6, 6.07) is 7.94. The van der Waals surface area contributed by atoms with Gasteiger partial charge in [-0.1, -0.05) is 12.1 Å². The molecule has 1 unspecified atom stereocenters. The highest BCUT2D eigenvalue weighted by Gasteiger charge is 2.13. The van der Waals surface area contributed by atoms with Crippen molar-refractivity contribution in [2.24, 2.45) is 7.05 Å². The fourth-order valence-electron chi connectivity index (χ4n) is 2.09. The van der Waals surface area contributed by atoms with Crippen LogP contribution in [0.1, 0.15) is 29.3 Å². The SMILES string of the molecule is COc1ccc(CCC(O)c2cnn(C)c2C)cc1. The van der Waals surface area contributed by atoms with Crippen molar-refractivity contribution < 1.29 is 9.84 Å². The molecular weight excluding hydrogens is 240 g/mol. The summed E-state index contributed by atoms with van der Waals surface area (Å²) in [5.74, 6) is 0.854. The molecule has 1 heterocycles. The van der Waals surface area contributed by atoms with E-state index in [1.807, 2.05) is 38.2 Å². The Labute approximate surface area is 113 Å². The number of ether oxygens (including phenoxy) is 1. The Morgan fingerprint density at radius 3 is 2.53 bits per heavy atom. The van der Waals surface area contributed by atoms with Gasteiger partial charge < -0.3 is 9.84 Å². The predicted octanol–water partition coefficient (Wildman–Crippen LogP) is 2.40. The summed E-state index contributed by atoms with van der Waals surface area (Å²) >= 11 is 0. The van der Waals surface area contributed by atoms with Crippen molar-refractivity contribution in [1.29, 1.82) is 0 Å². The topological polar surface area (TPSA) is 47.3 Å². The monoisotopic (exact) mass is 260 g/mol. The van der Waals surface area contributed by atoms with Crippen LogP contribution in [0.5, 0.6) is 5.75 Å². The highest BCUT2D eigenvalue weighted by Crippen LogP contribution is 2.22. The van der Waals surface area contributed by atoms with E-state index < -0.39 is 6.10 Å². The smallest absolute Gasteiger partial charge is 0.118 e. The first-order valence-electron chi connectivity index (χ1n) is 6.41. The molecule has 0 aliphatic carbocycles. The Morgan fingerprint density at radius 1 is 1.32 bits per heavy atom. The van der Waals surface area contributed by atoms with Gasteiger partial charge >= 0.3 is 0 Å². The molecule has 0 saturated heterocycles. The van der Waals surface area contributed by atoms with E-state index in [4.69, 9.17) is 4.74 Å². The van der Waals surface area contributed by atoms with E-state index in [2.05, 4.69) is 5.10 Å². The highest BCUT2D eigenvalue weighted by molar-refractivity contribution is 5.27.